The Labute approximate surface area is 178 Å². The average Bonchev–Trinajstić information content (AvgIpc) is 2.69. The van der Waals surface area contributed by atoms with Gasteiger partial charge in [-0.25, -0.2) is 0 Å². The lowest BCUT2D eigenvalue weighted by molar-refractivity contribution is -0.118. The topological polar surface area (TPSA) is 59.6 Å². The second-order valence-corrected chi connectivity index (χ2v) is 8.02. The fourth-order valence-corrected chi connectivity index (χ4v) is 2.75. The summed E-state index contributed by atoms with van der Waals surface area (Å²) in [5.74, 6) is 0.781. The van der Waals surface area contributed by atoms with Crippen molar-refractivity contribution in [1.82, 2.24) is 5.32 Å². The second-order valence-electron chi connectivity index (χ2n) is 7.62. The first-order chi connectivity index (χ1) is 13.7. The van der Waals surface area contributed by atoms with Crippen molar-refractivity contribution in [2.24, 2.45) is 0 Å². The zero-order valence-corrected chi connectivity index (χ0v) is 18.7. The summed E-state index contributed by atoms with van der Waals surface area (Å²) in [5, 5.41) is 6.87. The van der Waals surface area contributed by atoms with Gasteiger partial charge in [0, 0.05) is 28.9 Å². The van der Waals surface area contributed by atoms with Crippen LogP contribution in [0.2, 0.25) is 5.02 Å². The van der Waals surface area contributed by atoms with E-state index in [4.69, 9.17) is 21.1 Å². The first-order valence-corrected chi connectivity index (χ1v) is 10.3. The maximum Gasteiger partial charge on any atom is 0.262 e. The standard InChI is InChI=1S/C23H31ClN2O3/c1-6-23(4,5)25-14-17-12-20(28-7-2)21(13-19(17)24)29-15-22(27)26-18-10-8-16(3)9-11-18/h8-13,25H,6-7,14-15H2,1-5H3,(H,26,27). The Bertz CT molecular complexity index is 820. The highest BCUT2D eigenvalue weighted by Crippen LogP contribution is 2.34. The van der Waals surface area contributed by atoms with Crippen molar-refractivity contribution in [3.05, 3.63) is 52.5 Å². The molecule has 29 heavy (non-hydrogen) atoms. The quantitative estimate of drug-likeness (QED) is 0.546. The number of hydrogen-bond acceptors (Lipinski definition) is 4. The predicted octanol–water partition coefficient (Wildman–Crippen LogP) is 5.34. The van der Waals surface area contributed by atoms with E-state index in [-0.39, 0.29) is 18.1 Å². The van der Waals surface area contributed by atoms with Crippen LogP contribution in [0.3, 0.4) is 0 Å². The number of rotatable bonds is 10. The Morgan fingerprint density at radius 3 is 2.34 bits per heavy atom. The molecule has 0 radical (unpaired) electrons. The first-order valence-electron chi connectivity index (χ1n) is 9.93. The largest absolute Gasteiger partial charge is 0.490 e. The van der Waals surface area contributed by atoms with E-state index in [1.807, 2.05) is 44.2 Å². The van der Waals surface area contributed by atoms with Crippen LogP contribution in [0, 0.1) is 6.92 Å². The SMILES string of the molecule is CCOc1cc(CNC(C)(C)CC)c(Cl)cc1OCC(=O)Nc1ccc(C)cc1. The van der Waals surface area contributed by atoms with E-state index in [1.165, 1.54) is 0 Å². The van der Waals surface area contributed by atoms with Crippen LogP contribution in [0.5, 0.6) is 11.5 Å². The van der Waals surface area contributed by atoms with E-state index in [0.717, 1.165) is 23.2 Å². The van der Waals surface area contributed by atoms with Crippen LogP contribution in [-0.4, -0.2) is 24.7 Å². The van der Waals surface area contributed by atoms with Crippen molar-refractivity contribution in [2.75, 3.05) is 18.5 Å². The van der Waals surface area contributed by atoms with E-state index >= 15 is 0 Å². The summed E-state index contributed by atoms with van der Waals surface area (Å²) in [6.07, 6.45) is 1.00. The van der Waals surface area contributed by atoms with Gasteiger partial charge in [0.2, 0.25) is 0 Å². The molecular formula is C23H31ClN2O3. The molecule has 0 aliphatic rings. The van der Waals surface area contributed by atoms with Crippen molar-refractivity contribution in [1.29, 1.82) is 0 Å². The van der Waals surface area contributed by atoms with Crippen LogP contribution in [0.25, 0.3) is 0 Å². The summed E-state index contributed by atoms with van der Waals surface area (Å²) in [5.41, 5.74) is 2.80. The molecule has 0 aliphatic carbocycles. The Hall–Kier alpha value is -2.24. The van der Waals surface area contributed by atoms with Gasteiger partial charge in [-0.2, -0.15) is 0 Å². The van der Waals surface area contributed by atoms with E-state index in [9.17, 15) is 4.79 Å². The van der Waals surface area contributed by atoms with Gasteiger partial charge in [-0.05, 0) is 57.9 Å². The van der Waals surface area contributed by atoms with Crippen molar-refractivity contribution < 1.29 is 14.3 Å². The number of carbonyl (C=O) groups excluding carboxylic acids is 1. The van der Waals surface area contributed by atoms with E-state index in [2.05, 4.69) is 31.4 Å². The third-order valence-corrected chi connectivity index (χ3v) is 5.10. The van der Waals surface area contributed by atoms with Crippen LogP contribution < -0.4 is 20.1 Å². The fraction of sp³-hybridized carbons (Fsp3) is 0.435. The number of halogens is 1. The van der Waals surface area contributed by atoms with Crippen LogP contribution in [0.1, 0.15) is 45.2 Å². The predicted molar refractivity (Wildman–Crippen MR) is 119 cm³/mol. The van der Waals surface area contributed by atoms with Crippen molar-refractivity contribution in [3.63, 3.8) is 0 Å². The van der Waals surface area contributed by atoms with Crippen molar-refractivity contribution in [2.45, 2.75) is 53.1 Å². The van der Waals surface area contributed by atoms with Crippen LogP contribution in [0.4, 0.5) is 5.69 Å². The van der Waals surface area contributed by atoms with Gasteiger partial charge in [0.1, 0.15) is 0 Å². The molecule has 0 saturated carbocycles. The minimum absolute atomic E-state index is 0.0122. The minimum atomic E-state index is -0.247. The molecular weight excluding hydrogens is 388 g/mol. The summed E-state index contributed by atoms with van der Waals surface area (Å²) >= 11 is 6.46. The third kappa shape index (κ3) is 7.26. The Morgan fingerprint density at radius 2 is 1.72 bits per heavy atom. The molecule has 0 aromatic heterocycles. The molecule has 2 aromatic carbocycles. The smallest absolute Gasteiger partial charge is 0.262 e. The van der Waals surface area contributed by atoms with Crippen LogP contribution in [-0.2, 0) is 11.3 Å². The minimum Gasteiger partial charge on any atom is -0.490 e. The van der Waals surface area contributed by atoms with Crippen molar-refractivity contribution >= 4 is 23.2 Å². The van der Waals surface area contributed by atoms with E-state index in [0.29, 0.717) is 29.7 Å². The van der Waals surface area contributed by atoms with Gasteiger partial charge in [0.05, 0.1) is 6.61 Å². The monoisotopic (exact) mass is 418 g/mol. The molecule has 2 rings (SSSR count). The Kier molecular flexibility index (Phi) is 8.35. The number of carbonyl (C=O) groups is 1. The van der Waals surface area contributed by atoms with Gasteiger partial charge in [0.15, 0.2) is 18.1 Å². The number of ether oxygens (including phenoxy) is 2. The van der Waals surface area contributed by atoms with E-state index in [1.54, 1.807) is 6.07 Å². The van der Waals surface area contributed by atoms with Gasteiger partial charge in [0.25, 0.3) is 5.91 Å². The highest BCUT2D eigenvalue weighted by atomic mass is 35.5. The normalized spacial score (nSPS) is 11.2. The van der Waals surface area contributed by atoms with Gasteiger partial charge >= 0.3 is 0 Å². The molecule has 0 unspecified atom stereocenters. The molecule has 0 aliphatic heterocycles. The molecule has 6 heteroatoms. The number of aryl methyl sites for hydroxylation is 1. The Morgan fingerprint density at radius 1 is 1.07 bits per heavy atom. The number of amides is 1. The zero-order chi connectivity index (χ0) is 21.4. The molecule has 0 saturated heterocycles. The lowest BCUT2D eigenvalue weighted by Crippen LogP contribution is -2.37. The van der Waals surface area contributed by atoms with Gasteiger partial charge < -0.3 is 20.1 Å². The number of benzene rings is 2. The Balaban J connectivity index is 2.05. The molecule has 0 fully saturated rings. The molecule has 0 atom stereocenters. The molecule has 0 spiro atoms. The maximum atomic E-state index is 12.2. The summed E-state index contributed by atoms with van der Waals surface area (Å²) in [6.45, 7) is 11.3. The fourth-order valence-electron chi connectivity index (χ4n) is 2.53. The molecule has 0 bridgehead atoms. The molecule has 2 N–H and O–H groups in total. The lowest BCUT2D eigenvalue weighted by atomic mass is 10.0. The summed E-state index contributed by atoms with van der Waals surface area (Å²) in [4.78, 5) is 12.2. The van der Waals surface area contributed by atoms with Crippen molar-refractivity contribution in [3.8, 4) is 11.5 Å². The highest BCUT2D eigenvalue weighted by Gasteiger charge is 2.17. The molecule has 5 nitrogen and oxygen atoms in total. The molecule has 0 heterocycles. The summed E-state index contributed by atoms with van der Waals surface area (Å²) < 4.78 is 11.4. The zero-order valence-electron chi connectivity index (χ0n) is 17.9. The number of nitrogens with one attached hydrogen (secondary N) is 2. The maximum absolute atomic E-state index is 12.2. The van der Waals surface area contributed by atoms with Crippen LogP contribution >= 0.6 is 11.6 Å². The van der Waals surface area contributed by atoms with Gasteiger partial charge in [-0.1, -0.05) is 36.2 Å². The molecule has 158 valence electrons. The number of anilines is 1. The molecule has 2 aromatic rings. The number of hydrogen-bond donors (Lipinski definition) is 2. The molecule has 1 amide bonds. The van der Waals surface area contributed by atoms with Crippen LogP contribution in [0.15, 0.2) is 36.4 Å². The average molecular weight is 419 g/mol. The third-order valence-electron chi connectivity index (χ3n) is 4.75. The van der Waals surface area contributed by atoms with E-state index < -0.39 is 0 Å². The lowest BCUT2D eigenvalue weighted by Gasteiger charge is -2.25. The first kappa shape index (κ1) is 23.0. The second kappa shape index (κ2) is 10.5. The summed E-state index contributed by atoms with van der Waals surface area (Å²) in [7, 11) is 0. The summed E-state index contributed by atoms with van der Waals surface area (Å²) in [6, 6.07) is 11.2. The van der Waals surface area contributed by atoms with Gasteiger partial charge in [-0.3, -0.25) is 4.79 Å². The van der Waals surface area contributed by atoms with Gasteiger partial charge in [-0.15, -0.1) is 0 Å². The highest BCUT2D eigenvalue weighted by molar-refractivity contribution is 6.31.